The van der Waals surface area contributed by atoms with E-state index in [0.29, 0.717) is 11.3 Å². The molecule has 0 aliphatic heterocycles. The van der Waals surface area contributed by atoms with Crippen LogP contribution in [-0.2, 0) is 16.6 Å². The van der Waals surface area contributed by atoms with Crippen molar-refractivity contribution in [2.24, 2.45) is 0 Å². The maximum absolute atomic E-state index is 13.4. The average molecular weight is 299 g/mol. The maximum atomic E-state index is 13.4. The van der Waals surface area contributed by atoms with Crippen molar-refractivity contribution in [1.29, 1.82) is 0 Å². The number of anilines is 1. The molecule has 108 valence electrons. The van der Waals surface area contributed by atoms with Gasteiger partial charge in [-0.2, -0.15) is 5.10 Å². The Bertz CT molecular complexity index is 740. The SMILES string of the molecule is Cc1ccc(NS(=O)(=O)c2c(CO)n[nH]c2C)cc1F. The van der Waals surface area contributed by atoms with Gasteiger partial charge in [0.1, 0.15) is 16.4 Å². The Balaban J connectivity index is 2.40. The van der Waals surface area contributed by atoms with E-state index in [-0.39, 0.29) is 16.3 Å². The van der Waals surface area contributed by atoms with Crippen molar-refractivity contribution >= 4 is 15.7 Å². The third-order valence-corrected chi connectivity index (χ3v) is 4.39. The lowest BCUT2D eigenvalue weighted by molar-refractivity contribution is 0.273. The van der Waals surface area contributed by atoms with Crippen LogP contribution in [0.5, 0.6) is 0 Å². The number of nitrogens with one attached hydrogen (secondary N) is 2. The third kappa shape index (κ3) is 2.66. The number of aryl methyl sites for hydroxylation is 2. The third-order valence-electron chi connectivity index (χ3n) is 2.80. The number of halogens is 1. The first-order chi connectivity index (χ1) is 9.35. The van der Waals surface area contributed by atoms with Crippen LogP contribution in [0.15, 0.2) is 23.1 Å². The molecule has 2 aromatic rings. The number of nitrogens with zero attached hydrogens (tertiary/aromatic N) is 1. The fraction of sp³-hybridized carbons (Fsp3) is 0.250. The topological polar surface area (TPSA) is 95.1 Å². The first-order valence-electron chi connectivity index (χ1n) is 5.79. The van der Waals surface area contributed by atoms with Crippen LogP contribution < -0.4 is 4.72 Å². The summed E-state index contributed by atoms with van der Waals surface area (Å²) in [6.45, 7) is 2.59. The summed E-state index contributed by atoms with van der Waals surface area (Å²) < 4.78 is 40.2. The summed E-state index contributed by atoms with van der Waals surface area (Å²) in [6, 6.07) is 4.04. The molecular weight excluding hydrogens is 285 g/mol. The zero-order chi connectivity index (χ0) is 14.9. The molecular formula is C12H14FN3O3S. The lowest BCUT2D eigenvalue weighted by atomic mass is 10.2. The minimum Gasteiger partial charge on any atom is -0.390 e. The summed E-state index contributed by atoms with van der Waals surface area (Å²) in [5.74, 6) is -0.503. The number of hydrogen-bond donors (Lipinski definition) is 3. The van der Waals surface area contributed by atoms with E-state index >= 15 is 0 Å². The van der Waals surface area contributed by atoms with Crippen molar-refractivity contribution in [3.63, 3.8) is 0 Å². The van der Waals surface area contributed by atoms with Crippen molar-refractivity contribution in [3.05, 3.63) is 41.0 Å². The van der Waals surface area contributed by atoms with Gasteiger partial charge in [0.15, 0.2) is 0 Å². The van der Waals surface area contributed by atoms with Crippen LogP contribution in [0.1, 0.15) is 17.0 Å². The fourth-order valence-electron chi connectivity index (χ4n) is 1.80. The van der Waals surface area contributed by atoms with E-state index < -0.39 is 22.4 Å². The van der Waals surface area contributed by atoms with Gasteiger partial charge in [-0.1, -0.05) is 6.07 Å². The van der Waals surface area contributed by atoms with E-state index in [9.17, 15) is 12.8 Å². The average Bonchev–Trinajstić information content (AvgIpc) is 2.75. The number of sulfonamides is 1. The number of aliphatic hydroxyl groups is 1. The second kappa shape index (κ2) is 5.22. The Labute approximate surface area is 115 Å². The molecule has 0 unspecified atom stereocenters. The van der Waals surface area contributed by atoms with E-state index in [1.807, 2.05) is 0 Å². The minimum atomic E-state index is -3.94. The van der Waals surface area contributed by atoms with Crippen molar-refractivity contribution in [3.8, 4) is 0 Å². The molecule has 0 spiro atoms. The van der Waals surface area contributed by atoms with E-state index in [2.05, 4.69) is 14.9 Å². The molecule has 1 aromatic heterocycles. The lowest BCUT2D eigenvalue weighted by Crippen LogP contribution is -2.15. The number of H-pyrrole nitrogens is 1. The molecule has 0 amide bonds. The Morgan fingerprint density at radius 3 is 2.70 bits per heavy atom. The van der Waals surface area contributed by atoms with Crippen molar-refractivity contribution in [2.75, 3.05) is 4.72 Å². The van der Waals surface area contributed by atoms with Gasteiger partial charge in [-0.3, -0.25) is 9.82 Å². The largest absolute Gasteiger partial charge is 0.390 e. The number of aliphatic hydroxyl groups excluding tert-OH is 1. The highest BCUT2D eigenvalue weighted by Crippen LogP contribution is 2.22. The second-order valence-corrected chi connectivity index (χ2v) is 5.97. The molecule has 0 radical (unpaired) electrons. The Morgan fingerprint density at radius 1 is 1.40 bits per heavy atom. The highest BCUT2D eigenvalue weighted by Gasteiger charge is 2.24. The number of aromatic amines is 1. The van der Waals surface area contributed by atoms with Crippen molar-refractivity contribution in [1.82, 2.24) is 10.2 Å². The quantitative estimate of drug-likeness (QED) is 0.796. The van der Waals surface area contributed by atoms with Gasteiger partial charge in [0.2, 0.25) is 0 Å². The van der Waals surface area contributed by atoms with Crippen LogP contribution in [0.2, 0.25) is 0 Å². The highest BCUT2D eigenvalue weighted by molar-refractivity contribution is 7.92. The molecule has 0 bridgehead atoms. The number of benzene rings is 1. The molecule has 0 atom stereocenters. The van der Waals surface area contributed by atoms with E-state index in [0.717, 1.165) is 6.07 Å². The molecule has 0 aliphatic carbocycles. The highest BCUT2D eigenvalue weighted by atomic mass is 32.2. The van der Waals surface area contributed by atoms with Crippen LogP contribution in [0.4, 0.5) is 10.1 Å². The Morgan fingerprint density at radius 2 is 2.10 bits per heavy atom. The molecule has 20 heavy (non-hydrogen) atoms. The molecule has 3 N–H and O–H groups in total. The molecule has 0 saturated heterocycles. The summed E-state index contributed by atoms with van der Waals surface area (Å²) in [4.78, 5) is -0.124. The summed E-state index contributed by atoms with van der Waals surface area (Å²) in [5.41, 5.74) is 0.845. The first-order valence-corrected chi connectivity index (χ1v) is 7.27. The predicted octanol–water partition coefficient (Wildman–Crippen LogP) is 1.46. The predicted molar refractivity (Wildman–Crippen MR) is 71.2 cm³/mol. The van der Waals surface area contributed by atoms with Gasteiger partial charge in [-0.25, -0.2) is 12.8 Å². The smallest absolute Gasteiger partial charge is 0.265 e. The zero-order valence-corrected chi connectivity index (χ0v) is 11.8. The van der Waals surface area contributed by atoms with Gasteiger partial charge < -0.3 is 5.11 Å². The van der Waals surface area contributed by atoms with Gasteiger partial charge in [-0.15, -0.1) is 0 Å². The molecule has 0 aliphatic rings. The number of hydrogen-bond acceptors (Lipinski definition) is 4. The van der Waals surface area contributed by atoms with Crippen LogP contribution in [0, 0.1) is 19.7 Å². The second-order valence-electron chi connectivity index (χ2n) is 4.35. The molecule has 0 fully saturated rings. The normalized spacial score (nSPS) is 11.6. The van der Waals surface area contributed by atoms with Crippen molar-refractivity contribution in [2.45, 2.75) is 25.3 Å². The van der Waals surface area contributed by atoms with Gasteiger partial charge >= 0.3 is 0 Å². The minimum absolute atomic E-state index is 0.0163. The summed E-state index contributed by atoms with van der Waals surface area (Å²) >= 11 is 0. The standard InChI is InChI=1S/C12H14FN3O3S/c1-7-3-4-9(5-10(7)13)16-20(18,19)12-8(2)14-15-11(12)6-17/h3-5,16-17H,6H2,1-2H3,(H,14,15). The molecule has 6 nitrogen and oxygen atoms in total. The Hall–Kier alpha value is -1.93. The van der Waals surface area contributed by atoms with Crippen LogP contribution >= 0.6 is 0 Å². The van der Waals surface area contributed by atoms with Gasteiger partial charge in [-0.05, 0) is 31.5 Å². The van der Waals surface area contributed by atoms with Crippen LogP contribution in [0.25, 0.3) is 0 Å². The summed E-state index contributed by atoms with van der Waals surface area (Å²) in [5, 5.41) is 15.3. The molecule has 8 heteroatoms. The fourth-order valence-corrected chi connectivity index (χ4v) is 3.20. The van der Waals surface area contributed by atoms with Gasteiger partial charge in [0.05, 0.1) is 18.0 Å². The number of rotatable bonds is 4. The molecule has 1 heterocycles. The van der Waals surface area contributed by atoms with Crippen molar-refractivity contribution < 1.29 is 17.9 Å². The molecule has 2 rings (SSSR count). The first kappa shape index (κ1) is 14.5. The molecule has 0 saturated carbocycles. The summed E-state index contributed by atoms with van der Waals surface area (Å²) in [6.07, 6.45) is 0. The Kier molecular flexibility index (Phi) is 3.78. The van der Waals surface area contributed by atoms with Crippen LogP contribution in [0.3, 0.4) is 0 Å². The summed E-state index contributed by atoms with van der Waals surface area (Å²) in [7, 11) is -3.94. The maximum Gasteiger partial charge on any atom is 0.265 e. The van der Waals surface area contributed by atoms with E-state index in [1.165, 1.54) is 19.1 Å². The lowest BCUT2D eigenvalue weighted by Gasteiger charge is -2.09. The number of aromatic nitrogens is 2. The zero-order valence-electron chi connectivity index (χ0n) is 10.9. The van der Waals surface area contributed by atoms with E-state index in [4.69, 9.17) is 5.11 Å². The molecule has 1 aromatic carbocycles. The van der Waals surface area contributed by atoms with E-state index in [1.54, 1.807) is 6.92 Å². The van der Waals surface area contributed by atoms with Gasteiger partial charge in [0.25, 0.3) is 10.0 Å². The van der Waals surface area contributed by atoms with Crippen LogP contribution in [-0.4, -0.2) is 23.7 Å². The monoisotopic (exact) mass is 299 g/mol. The van der Waals surface area contributed by atoms with Gasteiger partial charge in [0, 0.05) is 0 Å².